The van der Waals surface area contributed by atoms with Crippen LogP contribution in [0.1, 0.15) is 13.8 Å². The molecule has 5 heteroatoms. The van der Waals surface area contributed by atoms with Crippen molar-refractivity contribution in [1.82, 2.24) is 0 Å². The van der Waals surface area contributed by atoms with Crippen molar-refractivity contribution in [3.05, 3.63) is 28.7 Å². The molecule has 0 aliphatic carbocycles. The number of hydrogen-bond donors (Lipinski definition) is 1. The Hall–Kier alpha value is -1.23. The minimum absolute atomic E-state index is 0.117. The molecule has 0 spiro atoms. The molecule has 1 aliphatic heterocycles. The van der Waals surface area contributed by atoms with Crippen LogP contribution in [0.15, 0.2) is 33.7 Å². The molecule has 18 heavy (non-hydrogen) atoms. The number of nitrogens with two attached hydrogens (primary N) is 1. The third-order valence-electron chi connectivity index (χ3n) is 2.90. The van der Waals surface area contributed by atoms with Crippen LogP contribution >= 0.6 is 15.9 Å². The summed E-state index contributed by atoms with van der Waals surface area (Å²) in [6.45, 7) is 5.73. The summed E-state index contributed by atoms with van der Waals surface area (Å²) < 4.78 is 6.28. The number of anilines is 1. The van der Waals surface area contributed by atoms with Crippen LogP contribution in [-0.2, 0) is 4.74 Å². The highest BCUT2D eigenvalue weighted by Gasteiger charge is 2.21. The van der Waals surface area contributed by atoms with Gasteiger partial charge in [0.2, 0.25) is 0 Å². The molecule has 0 unspecified atom stereocenters. The fraction of sp³-hybridized carbons (Fsp3) is 0.462. The van der Waals surface area contributed by atoms with Crippen LogP contribution in [0.3, 0.4) is 0 Å². The minimum atomic E-state index is 0.117. The third-order valence-corrected chi connectivity index (χ3v) is 3.40. The van der Waals surface area contributed by atoms with Gasteiger partial charge in [-0.1, -0.05) is 22.0 Å². The normalized spacial score (nSPS) is 18.7. The summed E-state index contributed by atoms with van der Waals surface area (Å²) in [5.41, 5.74) is 6.72. The molecule has 4 nitrogen and oxygen atoms in total. The number of halogens is 1. The van der Waals surface area contributed by atoms with E-state index in [1.165, 1.54) is 5.69 Å². The predicted octanol–water partition coefficient (Wildman–Crippen LogP) is 2.38. The van der Waals surface area contributed by atoms with Gasteiger partial charge >= 0.3 is 0 Å². The Labute approximate surface area is 116 Å². The lowest BCUT2D eigenvalue weighted by Crippen LogP contribution is -2.37. The van der Waals surface area contributed by atoms with Crippen LogP contribution in [0.25, 0.3) is 0 Å². The molecule has 1 aromatic carbocycles. The SMILES string of the molecule is CC(C)N(C[C@H]1COC(N)=N1)c1cccc(Br)c1. The largest absolute Gasteiger partial charge is 0.463 e. The highest BCUT2D eigenvalue weighted by Crippen LogP contribution is 2.23. The molecule has 0 saturated carbocycles. The maximum atomic E-state index is 5.54. The lowest BCUT2D eigenvalue weighted by molar-refractivity contribution is 0.312. The summed E-state index contributed by atoms with van der Waals surface area (Å²) in [6, 6.07) is 9.10. The molecule has 1 aliphatic rings. The Morgan fingerprint density at radius 3 is 2.89 bits per heavy atom. The number of hydrogen-bond acceptors (Lipinski definition) is 4. The maximum absolute atomic E-state index is 5.54. The second kappa shape index (κ2) is 5.61. The van der Waals surface area contributed by atoms with Gasteiger partial charge in [-0.05, 0) is 32.0 Å². The zero-order chi connectivity index (χ0) is 13.1. The zero-order valence-electron chi connectivity index (χ0n) is 10.6. The molecule has 1 heterocycles. The van der Waals surface area contributed by atoms with Crippen molar-refractivity contribution >= 4 is 27.6 Å². The van der Waals surface area contributed by atoms with Crippen molar-refractivity contribution in [2.75, 3.05) is 18.1 Å². The number of amidine groups is 1. The van der Waals surface area contributed by atoms with Gasteiger partial charge < -0.3 is 15.4 Å². The second-order valence-electron chi connectivity index (χ2n) is 4.66. The maximum Gasteiger partial charge on any atom is 0.282 e. The highest BCUT2D eigenvalue weighted by molar-refractivity contribution is 9.10. The first-order valence-electron chi connectivity index (χ1n) is 6.04. The first kappa shape index (κ1) is 13.2. The van der Waals surface area contributed by atoms with Crippen LogP contribution in [0.2, 0.25) is 0 Å². The van der Waals surface area contributed by atoms with Crippen LogP contribution in [-0.4, -0.2) is 31.3 Å². The molecular formula is C13H18BrN3O. The first-order chi connectivity index (χ1) is 8.56. The fourth-order valence-corrected chi connectivity index (χ4v) is 2.41. The van der Waals surface area contributed by atoms with E-state index >= 15 is 0 Å². The number of nitrogens with zero attached hydrogens (tertiary/aromatic N) is 2. The molecule has 2 rings (SSSR count). The van der Waals surface area contributed by atoms with Crippen molar-refractivity contribution in [2.45, 2.75) is 25.9 Å². The van der Waals surface area contributed by atoms with Crippen molar-refractivity contribution < 1.29 is 4.74 Å². The van der Waals surface area contributed by atoms with Crippen molar-refractivity contribution in [3.8, 4) is 0 Å². The van der Waals surface area contributed by atoms with Crippen molar-refractivity contribution in [2.24, 2.45) is 10.7 Å². The molecular weight excluding hydrogens is 294 g/mol. The van der Waals surface area contributed by atoms with Crippen LogP contribution in [0.5, 0.6) is 0 Å². The number of ether oxygens (including phenoxy) is 1. The van der Waals surface area contributed by atoms with E-state index in [0.29, 0.717) is 18.7 Å². The first-order valence-corrected chi connectivity index (χ1v) is 6.84. The highest BCUT2D eigenvalue weighted by atomic mass is 79.9. The lowest BCUT2D eigenvalue weighted by atomic mass is 10.2. The summed E-state index contributed by atoms with van der Waals surface area (Å²) in [7, 11) is 0. The second-order valence-corrected chi connectivity index (χ2v) is 5.57. The minimum Gasteiger partial charge on any atom is -0.463 e. The molecule has 0 aromatic heterocycles. The summed E-state index contributed by atoms with van der Waals surface area (Å²) in [4.78, 5) is 6.58. The topological polar surface area (TPSA) is 50.9 Å². The standard InChI is InChI=1S/C13H18BrN3O/c1-9(2)17(7-11-8-18-13(15)16-11)12-5-3-4-10(14)6-12/h3-6,9,11H,7-8H2,1-2H3,(H2,15,16)/t11-/m0/s1. The lowest BCUT2D eigenvalue weighted by Gasteiger charge is -2.30. The Morgan fingerprint density at radius 1 is 1.56 bits per heavy atom. The third kappa shape index (κ3) is 3.16. The average molecular weight is 312 g/mol. The van der Waals surface area contributed by atoms with Gasteiger partial charge in [0.1, 0.15) is 12.6 Å². The van der Waals surface area contributed by atoms with E-state index in [0.717, 1.165) is 11.0 Å². The van der Waals surface area contributed by atoms with E-state index in [4.69, 9.17) is 10.5 Å². The van der Waals surface area contributed by atoms with Crippen molar-refractivity contribution in [1.29, 1.82) is 0 Å². The average Bonchev–Trinajstić information content (AvgIpc) is 2.71. The Balaban J connectivity index is 2.14. The van der Waals surface area contributed by atoms with E-state index < -0.39 is 0 Å². The van der Waals surface area contributed by atoms with Crippen LogP contribution < -0.4 is 10.6 Å². The van der Waals surface area contributed by atoms with Gasteiger partial charge in [0.15, 0.2) is 0 Å². The van der Waals surface area contributed by atoms with Gasteiger partial charge in [0.05, 0.1) is 0 Å². The van der Waals surface area contributed by atoms with E-state index in [9.17, 15) is 0 Å². The van der Waals surface area contributed by atoms with E-state index in [-0.39, 0.29) is 6.04 Å². The van der Waals surface area contributed by atoms with Crippen molar-refractivity contribution in [3.63, 3.8) is 0 Å². The van der Waals surface area contributed by atoms with Crippen LogP contribution in [0, 0.1) is 0 Å². The zero-order valence-corrected chi connectivity index (χ0v) is 12.2. The summed E-state index contributed by atoms with van der Waals surface area (Å²) >= 11 is 3.50. The fourth-order valence-electron chi connectivity index (χ4n) is 2.03. The van der Waals surface area contributed by atoms with Gasteiger partial charge in [0, 0.05) is 22.7 Å². The molecule has 1 aromatic rings. The molecule has 0 radical (unpaired) electrons. The number of benzene rings is 1. The monoisotopic (exact) mass is 311 g/mol. The quantitative estimate of drug-likeness (QED) is 0.929. The smallest absolute Gasteiger partial charge is 0.282 e. The van der Waals surface area contributed by atoms with Gasteiger partial charge in [0.25, 0.3) is 6.02 Å². The molecule has 1 atom stereocenters. The van der Waals surface area contributed by atoms with Crippen LogP contribution in [0.4, 0.5) is 5.69 Å². The van der Waals surface area contributed by atoms with Gasteiger partial charge in [-0.15, -0.1) is 0 Å². The Bertz CT molecular complexity index is 448. The molecule has 98 valence electrons. The van der Waals surface area contributed by atoms with E-state index in [1.807, 2.05) is 12.1 Å². The Morgan fingerprint density at radius 2 is 2.33 bits per heavy atom. The molecule has 0 bridgehead atoms. The molecule has 0 amide bonds. The predicted molar refractivity (Wildman–Crippen MR) is 78.0 cm³/mol. The summed E-state index contributed by atoms with van der Waals surface area (Å²) in [5, 5.41) is 0. The van der Waals surface area contributed by atoms with E-state index in [1.54, 1.807) is 0 Å². The van der Waals surface area contributed by atoms with Gasteiger partial charge in [-0.25, -0.2) is 4.99 Å². The summed E-state index contributed by atoms with van der Waals surface area (Å²) in [6.07, 6.45) is 0. The summed E-state index contributed by atoms with van der Waals surface area (Å²) in [5.74, 6) is 0. The number of aliphatic imine (C=N–C) groups is 1. The molecule has 0 saturated heterocycles. The molecule has 2 N–H and O–H groups in total. The Kier molecular flexibility index (Phi) is 4.11. The van der Waals surface area contributed by atoms with Gasteiger partial charge in [-0.2, -0.15) is 0 Å². The molecule has 0 fully saturated rings. The van der Waals surface area contributed by atoms with Gasteiger partial charge in [-0.3, -0.25) is 0 Å². The van der Waals surface area contributed by atoms with E-state index in [2.05, 4.69) is 51.8 Å². The number of rotatable bonds is 4.